The summed E-state index contributed by atoms with van der Waals surface area (Å²) in [6.45, 7) is 10.8. The maximum Gasteiger partial charge on any atom is 0.270 e. The van der Waals surface area contributed by atoms with Crippen LogP contribution in [-0.4, -0.2) is 40.3 Å². The number of carbonyl (C=O) groups is 2. The lowest BCUT2D eigenvalue weighted by Crippen LogP contribution is -2.41. The predicted molar refractivity (Wildman–Crippen MR) is 78.7 cm³/mol. The van der Waals surface area contributed by atoms with Gasteiger partial charge in [-0.25, -0.2) is 0 Å². The first-order valence-electron chi connectivity index (χ1n) is 6.86. The van der Waals surface area contributed by atoms with Crippen molar-refractivity contribution < 1.29 is 9.59 Å². The SMILES string of the molecule is CCN(CC)C(=O)c1ccnc(C(=O)NC(C)(C)C)c1. The van der Waals surface area contributed by atoms with Gasteiger partial charge in [0.2, 0.25) is 0 Å². The highest BCUT2D eigenvalue weighted by Gasteiger charge is 2.18. The third-order valence-electron chi connectivity index (χ3n) is 2.78. The number of amides is 2. The molecule has 1 rings (SSSR count). The van der Waals surface area contributed by atoms with E-state index in [1.807, 2.05) is 34.6 Å². The lowest BCUT2D eigenvalue weighted by molar-refractivity contribution is 0.0773. The molecule has 5 heteroatoms. The molecule has 0 saturated heterocycles. The Morgan fingerprint density at radius 3 is 2.35 bits per heavy atom. The zero-order chi connectivity index (χ0) is 15.3. The highest BCUT2D eigenvalue weighted by Crippen LogP contribution is 2.08. The van der Waals surface area contributed by atoms with Crippen LogP contribution >= 0.6 is 0 Å². The maximum atomic E-state index is 12.2. The zero-order valence-electron chi connectivity index (χ0n) is 12.9. The summed E-state index contributed by atoms with van der Waals surface area (Å²) >= 11 is 0. The van der Waals surface area contributed by atoms with Gasteiger partial charge in [0.1, 0.15) is 5.69 Å². The largest absolute Gasteiger partial charge is 0.346 e. The lowest BCUT2D eigenvalue weighted by Gasteiger charge is -2.21. The average Bonchev–Trinajstić information content (AvgIpc) is 2.38. The molecule has 1 N–H and O–H groups in total. The molecule has 0 fully saturated rings. The van der Waals surface area contributed by atoms with Gasteiger partial charge in [-0.3, -0.25) is 14.6 Å². The van der Waals surface area contributed by atoms with Crippen LogP contribution in [0.1, 0.15) is 55.5 Å². The molecule has 0 aliphatic rings. The van der Waals surface area contributed by atoms with Crippen LogP contribution in [0.15, 0.2) is 18.3 Å². The van der Waals surface area contributed by atoms with Crippen molar-refractivity contribution in [3.05, 3.63) is 29.6 Å². The minimum Gasteiger partial charge on any atom is -0.346 e. The van der Waals surface area contributed by atoms with Gasteiger partial charge in [0, 0.05) is 30.4 Å². The van der Waals surface area contributed by atoms with Gasteiger partial charge in [0.25, 0.3) is 11.8 Å². The summed E-state index contributed by atoms with van der Waals surface area (Å²) in [6, 6.07) is 3.18. The molecule has 0 saturated carbocycles. The molecule has 1 aromatic heterocycles. The summed E-state index contributed by atoms with van der Waals surface area (Å²) in [5.74, 6) is -0.353. The van der Waals surface area contributed by atoms with Crippen LogP contribution < -0.4 is 5.32 Å². The third-order valence-corrected chi connectivity index (χ3v) is 2.78. The van der Waals surface area contributed by atoms with Crippen molar-refractivity contribution >= 4 is 11.8 Å². The van der Waals surface area contributed by atoms with Crippen molar-refractivity contribution in [2.24, 2.45) is 0 Å². The van der Waals surface area contributed by atoms with Crippen molar-refractivity contribution in [2.45, 2.75) is 40.2 Å². The second kappa shape index (κ2) is 6.50. The van der Waals surface area contributed by atoms with E-state index in [1.54, 1.807) is 17.0 Å². The highest BCUT2D eigenvalue weighted by atomic mass is 16.2. The van der Waals surface area contributed by atoms with E-state index in [4.69, 9.17) is 0 Å². The maximum absolute atomic E-state index is 12.2. The molecule has 0 unspecified atom stereocenters. The predicted octanol–water partition coefficient (Wildman–Crippen LogP) is 2.09. The van der Waals surface area contributed by atoms with E-state index < -0.39 is 0 Å². The second-order valence-electron chi connectivity index (χ2n) is 5.61. The normalized spacial score (nSPS) is 11.1. The number of nitrogens with zero attached hydrogens (tertiary/aromatic N) is 2. The first-order chi connectivity index (χ1) is 9.28. The number of rotatable bonds is 4. The number of nitrogens with one attached hydrogen (secondary N) is 1. The third kappa shape index (κ3) is 4.33. The molecule has 0 aromatic carbocycles. The molecule has 0 aliphatic heterocycles. The Morgan fingerprint density at radius 2 is 1.85 bits per heavy atom. The Balaban J connectivity index is 2.96. The summed E-state index contributed by atoms with van der Waals surface area (Å²) in [5, 5.41) is 2.83. The van der Waals surface area contributed by atoms with Gasteiger partial charge >= 0.3 is 0 Å². The van der Waals surface area contributed by atoms with Gasteiger partial charge in [0.15, 0.2) is 0 Å². The monoisotopic (exact) mass is 277 g/mol. The number of aromatic nitrogens is 1. The molecule has 0 atom stereocenters. The van der Waals surface area contributed by atoms with Crippen LogP contribution in [-0.2, 0) is 0 Å². The molecule has 0 bridgehead atoms. The van der Waals surface area contributed by atoms with Gasteiger partial charge in [-0.2, -0.15) is 0 Å². The van der Waals surface area contributed by atoms with E-state index in [9.17, 15) is 9.59 Å². The van der Waals surface area contributed by atoms with Crippen molar-refractivity contribution in [2.75, 3.05) is 13.1 Å². The van der Waals surface area contributed by atoms with Crippen LogP contribution in [0.5, 0.6) is 0 Å². The first kappa shape index (κ1) is 16.1. The molecule has 5 nitrogen and oxygen atoms in total. The van der Waals surface area contributed by atoms with E-state index in [0.717, 1.165) is 0 Å². The molecular weight excluding hydrogens is 254 g/mol. The van der Waals surface area contributed by atoms with Gasteiger partial charge in [-0.05, 0) is 46.8 Å². The van der Waals surface area contributed by atoms with Gasteiger partial charge in [-0.1, -0.05) is 0 Å². The van der Waals surface area contributed by atoms with Crippen molar-refractivity contribution in [1.29, 1.82) is 0 Å². The number of hydrogen-bond acceptors (Lipinski definition) is 3. The van der Waals surface area contributed by atoms with E-state index >= 15 is 0 Å². The number of pyridine rings is 1. The summed E-state index contributed by atoms with van der Waals surface area (Å²) < 4.78 is 0. The smallest absolute Gasteiger partial charge is 0.270 e. The summed E-state index contributed by atoms with van der Waals surface area (Å²) in [4.78, 5) is 30.0. The minimum atomic E-state index is -0.336. The zero-order valence-corrected chi connectivity index (χ0v) is 12.9. The van der Waals surface area contributed by atoms with E-state index in [0.29, 0.717) is 18.7 Å². The topological polar surface area (TPSA) is 62.3 Å². The van der Waals surface area contributed by atoms with Crippen molar-refractivity contribution in [3.8, 4) is 0 Å². The van der Waals surface area contributed by atoms with Gasteiger partial charge in [-0.15, -0.1) is 0 Å². The molecule has 2 amide bonds. The number of hydrogen-bond donors (Lipinski definition) is 1. The average molecular weight is 277 g/mol. The minimum absolute atomic E-state index is 0.0813. The molecule has 0 spiro atoms. The van der Waals surface area contributed by atoms with E-state index in [2.05, 4.69) is 10.3 Å². The first-order valence-corrected chi connectivity index (χ1v) is 6.86. The van der Waals surface area contributed by atoms with Crippen LogP contribution in [0.4, 0.5) is 0 Å². The Labute approximate surface area is 120 Å². The van der Waals surface area contributed by atoms with E-state index in [1.165, 1.54) is 6.20 Å². The fraction of sp³-hybridized carbons (Fsp3) is 0.533. The quantitative estimate of drug-likeness (QED) is 0.916. The standard InChI is InChI=1S/C15H23N3O2/c1-6-18(7-2)14(20)11-8-9-16-12(10-11)13(19)17-15(3,4)5/h8-10H,6-7H2,1-5H3,(H,17,19). The van der Waals surface area contributed by atoms with E-state index in [-0.39, 0.29) is 23.0 Å². The summed E-state index contributed by atoms with van der Waals surface area (Å²) in [6.07, 6.45) is 1.49. The Kier molecular flexibility index (Phi) is 5.25. The van der Waals surface area contributed by atoms with Gasteiger partial charge in [0.05, 0.1) is 0 Å². The fourth-order valence-electron chi connectivity index (χ4n) is 1.79. The van der Waals surface area contributed by atoms with Crippen LogP contribution in [0, 0.1) is 0 Å². The Hall–Kier alpha value is -1.91. The molecule has 1 aromatic rings. The number of carbonyl (C=O) groups excluding carboxylic acids is 2. The van der Waals surface area contributed by atoms with Crippen LogP contribution in [0.3, 0.4) is 0 Å². The summed E-state index contributed by atoms with van der Waals surface area (Å²) in [7, 11) is 0. The molecular formula is C15H23N3O2. The molecule has 110 valence electrons. The molecule has 1 heterocycles. The fourth-order valence-corrected chi connectivity index (χ4v) is 1.79. The van der Waals surface area contributed by atoms with Crippen LogP contribution in [0.25, 0.3) is 0 Å². The molecule has 0 radical (unpaired) electrons. The summed E-state index contributed by atoms with van der Waals surface area (Å²) in [5.41, 5.74) is 0.415. The van der Waals surface area contributed by atoms with Crippen molar-refractivity contribution in [3.63, 3.8) is 0 Å². The Bertz CT molecular complexity index is 488. The highest BCUT2D eigenvalue weighted by molar-refractivity contribution is 5.98. The lowest BCUT2D eigenvalue weighted by atomic mass is 10.1. The molecule has 0 aliphatic carbocycles. The van der Waals surface area contributed by atoms with Crippen molar-refractivity contribution in [1.82, 2.24) is 15.2 Å². The Morgan fingerprint density at radius 1 is 1.25 bits per heavy atom. The molecule has 20 heavy (non-hydrogen) atoms. The van der Waals surface area contributed by atoms with Gasteiger partial charge < -0.3 is 10.2 Å². The van der Waals surface area contributed by atoms with Crippen LogP contribution in [0.2, 0.25) is 0 Å². The second-order valence-corrected chi connectivity index (χ2v) is 5.61.